The molecule has 2 aromatic carbocycles. The maximum absolute atomic E-state index is 14.1. The van der Waals surface area contributed by atoms with E-state index in [4.69, 9.17) is 0 Å². The molecule has 1 aliphatic heterocycles. The van der Waals surface area contributed by atoms with Gasteiger partial charge in [0.15, 0.2) is 0 Å². The van der Waals surface area contributed by atoms with Gasteiger partial charge in [-0.3, -0.25) is 9.48 Å². The molecule has 0 spiro atoms. The van der Waals surface area contributed by atoms with E-state index >= 15 is 0 Å². The smallest absolute Gasteiger partial charge is 0.249 e. The normalized spacial score (nSPS) is 28.1. The fraction of sp³-hybridized carbons (Fsp3) is 0.400. The molecule has 1 unspecified atom stereocenters. The van der Waals surface area contributed by atoms with Crippen molar-refractivity contribution in [3.63, 3.8) is 0 Å². The Labute approximate surface area is 184 Å². The number of nitrogens with zero attached hydrogens (tertiary/aromatic N) is 4. The number of carbonyl (C=O) groups is 1. The SMILES string of the molecule is Cc1ccc2c(cnn2CC23CC(C(=O)N4N=CCC4c4cc(F)c(C)c(F)c4)(C2)C3)c1. The number of rotatable bonds is 4. The van der Waals surface area contributed by atoms with Crippen LogP contribution in [0.4, 0.5) is 8.78 Å². The molecule has 2 heterocycles. The van der Waals surface area contributed by atoms with Crippen molar-refractivity contribution in [1.29, 1.82) is 0 Å². The third-order valence-electron chi connectivity index (χ3n) is 7.60. The van der Waals surface area contributed by atoms with Crippen LogP contribution in [0.2, 0.25) is 0 Å². The van der Waals surface area contributed by atoms with Crippen LogP contribution < -0.4 is 0 Å². The predicted molar refractivity (Wildman–Crippen MR) is 117 cm³/mol. The summed E-state index contributed by atoms with van der Waals surface area (Å²) >= 11 is 0. The second kappa shape index (κ2) is 6.47. The molecule has 32 heavy (non-hydrogen) atoms. The molecular weight excluding hydrogens is 410 g/mol. The van der Waals surface area contributed by atoms with Gasteiger partial charge in [0.05, 0.1) is 23.2 Å². The van der Waals surface area contributed by atoms with Crippen molar-refractivity contribution in [2.24, 2.45) is 15.9 Å². The zero-order valence-corrected chi connectivity index (χ0v) is 18.1. The van der Waals surface area contributed by atoms with Crippen molar-refractivity contribution in [2.75, 3.05) is 0 Å². The molecule has 7 rings (SSSR count). The first-order valence-corrected chi connectivity index (χ1v) is 11.0. The van der Waals surface area contributed by atoms with Crippen LogP contribution in [0.25, 0.3) is 10.9 Å². The van der Waals surface area contributed by atoms with Gasteiger partial charge in [-0.25, -0.2) is 13.8 Å². The van der Waals surface area contributed by atoms with Crippen molar-refractivity contribution < 1.29 is 13.6 Å². The molecule has 3 aromatic rings. The largest absolute Gasteiger partial charge is 0.272 e. The molecule has 4 aliphatic rings. The minimum absolute atomic E-state index is 0.00629. The summed E-state index contributed by atoms with van der Waals surface area (Å²) in [4.78, 5) is 13.4. The van der Waals surface area contributed by atoms with E-state index in [0.29, 0.717) is 12.0 Å². The standard InChI is InChI=1S/C25H24F2N4O/c1-15-3-4-21-18(7-15)10-29-30(21)14-24-11-25(12-24,13-24)23(32)31-22(5-6-28-31)17-8-19(26)16(2)20(27)9-17/h3-4,6-10,22H,5,11-14H2,1-2H3. The lowest BCUT2D eigenvalue weighted by molar-refractivity contribution is -0.223. The summed E-state index contributed by atoms with van der Waals surface area (Å²) in [7, 11) is 0. The molecule has 164 valence electrons. The van der Waals surface area contributed by atoms with E-state index in [9.17, 15) is 13.6 Å². The number of aromatic nitrogens is 2. The number of fused-ring (bicyclic) bond motifs is 1. The maximum atomic E-state index is 14.1. The molecule has 1 aromatic heterocycles. The van der Waals surface area contributed by atoms with Crippen LogP contribution in [-0.2, 0) is 11.3 Å². The highest BCUT2D eigenvalue weighted by atomic mass is 19.1. The lowest BCUT2D eigenvalue weighted by Crippen LogP contribution is -2.68. The van der Waals surface area contributed by atoms with Crippen LogP contribution in [0.5, 0.6) is 0 Å². The van der Waals surface area contributed by atoms with E-state index in [2.05, 4.69) is 40.0 Å². The predicted octanol–water partition coefficient (Wildman–Crippen LogP) is 5.06. The number of hydrazone groups is 1. The van der Waals surface area contributed by atoms with Crippen LogP contribution in [0, 0.1) is 36.3 Å². The summed E-state index contributed by atoms with van der Waals surface area (Å²) in [5, 5.41) is 11.5. The lowest BCUT2D eigenvalue weighted by atomic mass is 9.34. The number of amides is 1. The first kappa shape index (κ1) is 19.6. The molecule has 0 N–H and O–H groups in total. The van der Waals surface area contributed by atoms with E-state index in [1.165, 1.54) is 29.6 Å². The Morgan fingerprint density at radius 3 is 2.56 bits per heavy atom. The second-order valence-electron chi connectivity index (χ2n) is 9.98. The Morgan fingerprint density at radius 1 is 1.12 bits per heavy atom. The molecule has 2 bridgehead atoms. The van der Waals surface area contributed by atoms with E-state index < -0.39 is 23.1 Å². The summed E-state index contributed by atoms with van der Waals surface area (Å²) in [6, 6.07) is 8.53. The van der Waals surface area contributed by atoms with Crippen LogP contribution in [-0.4, -0.2) is 26.9 Å². The van der Waals surface area contributed by atoms with Gasteiger partial charge in [0.1, 0.15) is 11.6 Å². The molecule has 3 aliphatic carbocycles. The van der Waals surface area contributed by atoms with E-state index in [1.54, 1.807) is 6.21 Å². The van der Waals surface area contributed by atoms with Gasteiger partial charge in [0.25, 0.3) is 0 Å². The monoisotopic (exact) mass is 434 g/mol. The van der Waals surface area contributed by atoms with Gasteiger partial charge in [-0.1, -0.05) is 11.6 Å². The van der Waals surface area contributed by atoms with Crippen molar-refractivity contribution >= 4 is 23.0 Å². The van der Waals surface area contributed by atoms with Gasteiger partial charge in [0, 0.05) is 30.1 Å². The summed E-state index contributed by atoms with van der Waals surface area (Å²) in [6.45, 7) is 4.28. The fourth-order valence-electron chi connectivity index (χ4n) is 6.03. The second-order valence-corrected chi connectivity index (χ2v) is 9.98. The van der Waals surface area contributed by atoms with Crippen molar-refractivity contribution in [3.8, 4) is 0 Å². The first-order valence-electron chi connectivity index (χ1n) is 11.0. The molecule has 5 nitrogen and oxygen atoms in total. The maximum Gasteiger partial charge on any atom is 0.249 e. The molecular formula is C25H24F2N4O. The molecule has 3 fully saturated rings. The number of benzene rings is 2. The van der Waals surface area contributed by atoms with E-state index in [-0.39, 0.29) is 16.9 Å². The molecule has 3 saturated carbocycles. The Kier molecular flexibility index (Phi) is 3.96. The zero-order valence-electron chi connectivity index (χ0n) is 18.1. The van der Waals surface area contributed by atoms with E-state index in [1.807, 2.05) is 6.20 Å². The Morgan fingerprint density at radius 2 is 1.84 bits per heavy atom. The van der Waals surface area contributed by atoms with Crippen molar-refractivity contribution in [2.45, 2.75) is 52.1 Å². The van der Waals surface area contributed by atoms with Gasteiger partial charge in [-0.2, -0.15) is 10.2 Å². The summed E-state index contributed by atoms with van der Waals surface area (Å²) in [5.41, 5.74) is 2.47. The third kappa shape index (κ3) is 2.69. The summed E-state index contributed by atoms with van der Waals surface area (Å²) in [5.74, 6) is -1.21. The number of aryl methyl sites for hydroxylation is 1. The molecule has 0 radical (unpaired) electrons. The minimum atomic E-state index is -0.592. The van der Waals surface area contributed by atoms with Crippen LogP contribution in [0.1, 0.15) is 48.4 Å². The Hall–Kier alpha value is -3.09. The van der Waals surface area contributed by atoms with Crippen molar-refractivity contribution in [1.82, 2.24) is 14.8 Å². The highest BCUT2D eigenvalue weighted by Gasteiger charge is 2.72. The average Bonchev–Trinajstić information content (AvgIpc) is 3.33. The van der Waals surface area contributed by atoms with Gasteiger partial charge < -0.3 is 0 Å². The Bertz CT molecular complexity index is 1270. The van der Waals surface area contributed by atoms with Crippen LogP contribution in [0.15, 0.2) is 41.6 Å². The number of carbonyl (C=O) groups excluding carboxylic acids is 1. The third-order valence-corrected chi connectivity index (χ3v) is 7.60. The fourth-order valence-corrected chi connectivity index (χ4v) is 6.03. The topological polar surface area (TPSA) is 50.5 Å². The Balaban J connectivity index is 1.18. The van der Waals surface area contributed by atoms with Gasteiger partial charge in [-0.05, 0) is 68.4 Å². The first-order chi connectivity index (χ1) is 15.3. The van der Waals surface area contributed by atoms with Crippen LogP contribution >= 0.6 is 0 Å². The summed E-state index contributed by atoms with van der Waals surface area (Å²) < 4.78 is 30.3. The van der Waals surface area contributed by atoms with Crippen LogP contribution in [0.3, 0.4) is 0 Å². The lowest BCUT2D eigenvalue weighted by Gasteiger charge is -2.69. The van der Waals surface area contributed by atoms with Crippen molar-refractivity contribution in [3.05, 3.63) is 64.9 Å². The highest BCUT2D eigenvalue weighted by Crippen LogP contribution is 2.74. The summed E-state index contributed by atoms with van der Waals surface area (Å²) in [6.07, 6.45) is 6.45. The quantitative estimate of drug-likeness (QED) is 0.576. The van der Waals surface area contributed by atoms with Gasteiger partial charge in [0.2, 0.25) is 5.91 Å². The van der Waals surface area contributed by atoms with Gasteiger partial charge >= 0.3 is 0 Å². The van der Waals surface area contributed by atoms with Gasteiger partial charge in [-0.15, -0.1) is 0 Å². The molecule has 1 amide bonds. The zero-order chi connectivity index (χ0) is 22.3. The number of hydrogen-bond acceptors (Lipinski definition) is 3. The average molecular weight is 434 g/mol. The molecule has 7 heteroatoms. The number of halogens is 2. The number of hydrogen-bond donors (Lipinski definition) is 0. The molecule has 1 atom stereocenters. The highest BCUT2D eigenvalue weighted by molar-refractivity contribution is 5.88. The molecule has 0 saturated heterocycles. The minimum Gasteiger partial charge on any atom is -0.272 e. The van der Waals surface area contributed by atoms with E-state index in [0.717, 1.165) is 36.7 Å².